The van der Waals surface area contributed by atoms with E-state index in [0.717, 1.165) is 12.8 Å². The van der Waals surface area contributed by atoms with Crippen molar-refractivity contribution in [1.29, 1.82) is 0 Å². The summed E-state index contributed by atoms with van der Waals surface area (Å²) in [6.07, 6.45) is 4.76. The maximum Gasteiger partial charge on any atom is 0.149 e. The van der Waals surface area contributed by atoms with Crippen molar-refractivity contribution in [1.82, 2.24) is 4.90 Å². The Hall–Kier alpha value is -0.370. The molecule has 0 amide bonds. The van der Waals surface area contributed by atoms with Crippen LogP contribution < -0.4 is 0 Å². The quantitative estimate of drug-likeness (QED) is 0.665. The lowest BCUT2D eigenvalue weighted by atomic mass is 10.0. The summed E-state index contributed by atoms with van der Waals surface area (Å²) in [5.41, 5.74) is 0. The Morgan fingerprint density at radius 2 is 1.92 bits per heavy atom. The van der Waals surface area contributed by atoms with Crippen molar-refractivity contribution in [2.75, 3.05) is 13.6 Å². The minimum Gasteiger partial charge on any atom is -0.298 e. The zero-order valence-corrected chi connectivity index (χ0v) is 9.05. The highest BCUT2D eigenvalue weighted by Gasteiger charge is 2.23. The van der Waals surface area contributed by atoms with Gasteiger partial charge in [0.15, 0.2) is 0 Å². The average Bonchev–Trinajstić information content (AvgIpc) is 2.55. The summed E-state index contributed by atoms with van der Waals surface area (Å²) in [6.45, 7) is 4.90. The first kappa shape index (κ1) is 10.7. The molecule has 1 fully saturated rings. The number of ketones is 1. The molecule has 0 atom stereocenters. The van der Waals surface area contributed by atoms with E-state index >= 15 is 0 Å². The predicted molar refractivity (Wildman–Crippen MR) is 54.7 cm³/mol. The van der Waals surface area contributed by atoms with E-state index < -0.39 is 0 Å². The number of carbonyl (C=O) groups excluding carboxylic acids is 1. The van der Waals surface area contributed by atoms with E-state index in [9.17, 15) is 4.79 Å². The fourth-order valence-electron chi connectivity index (χ4n) is 1.81. The van der Waals surface area contributed by atoms with Gasteiger partial charge in [0.25, 0.3) is 0 Å². The van der Waals surface area contributed by atoms with Gasteiger partial charge in [0.05, 0.1) is 6.54 Å². The first-order chi connectivity index (χ1) is 6.11. The van der Waals surface area contributed by atoms with Crippen LogP contribution >= 0.6 is 0 Å². The fraction of sp³-hybridized carbons (Fsp3) is 0.909. The SMILES string of the molecule is CC(C)N(C)CC(=O)C1CCCC1. The molecule has 0 saturated heterocycles. The zero-order chi connectivity index (χ0) is 9.84. The monoisotopic (exact) mass is 183 g/mol. The van der Waals surface area contributed by atoms with Gasteiger partial charge in [-0.05, 0) is 33.7 Å². The van der Waals surface area contributed by atoms with Gasteiger partial charge >= 0.3 is 0 Å². The molecule has 0 N–H and O–H groups in total. The van der Waals surface area contributed by atoms with E-state index in [2.05, 4.69) is 18.7 Å². The van der Waals surface area contributed by atoms with Crippen LogP contribution in [0.3, 0.4) is 0 Å². The summed E-state index contributed by atoms with van der Waals surface area (Å²) < 4.78 is 0. The third-order valence-electron chi connectivity index (χ3n) is 3.10. The third-order valence-corrected chi connectivity index (χ3v) is 3.10. The second-order valence-electron chi connectivity index (χ2n) is 4.46. The van der Waals surface area contributed by atoms with Crippen molar-refractivity contribution in [2.24, 2.45) is 5.92 Å². The average molecular weight is 183 g/mol. The third kappa shape index (κ3) is 3.11. The van der Waals surface area contributed by atoms with Gasteiger partial charge in [0, 0.05) is 12.0 Å². The molecule has 13 heavy (non-hydrogen) atoms. The standard InChI is InChI=1S/C11H21NO/c1-9(2)12(3)8-11(13)10-6-4-5-7-10/h9-10H,4-8H2,1-3H3. The van der Waals surface area contributed by atoms with Crippen LogP contribution in [-0.2, 0) is 4.79 Å². The van der Waals surface area contributed by atoms with E-state index in [0.29, 0.717) is 24.3 Å². The first-order valence-corrected chi connectivity index (χ1v) is 5.34. The van der Waals surface area contributed by atoms with E-state index in [1.165, 1.54) is 12.8 Å². The molecule has 0 unspecified atom stereocenters. The molecule has 2 heteroatoms. The number of hydrogen-bond donors (Lipinski definition) is 0. The van der Waals surface area contributed by atoms with Gasteiger partial charge in [-0.1, -0.05) is 12.8 Å². The van der Waals surface area contributed by atoms with E-state index in [1.807, 2.05) is 7.05 Å². The summed E-state index contributed by atoms with van der Waals surface area (Å²) in [4.78, 5) is 13.8. The number of nitrogens with zero attached hydrogens (tertiary/aromatic N) is 1. The Balaban J connectivity index is 2.31. The summed E-state index contributed by atoms with van der Waals surface area (Å²) in [6, 6.07) is 0.477. The molecule has 1 rings (SSSR count). The zero-order valence-electron chi connectivity index (χ0n) is 9.05. The van der Waals surface area contributed by atoms with Gasteiger partial charge < -0.3 is 0 Å². The highest BCUT2D eigenvalue weighted by Crippen LogP contribution is 2.25. The van der Waals surface area contributed by atoms with E-state index in [-0.39, 0.29) is 0 Å². The molecule has 0 aliphatic heterocycles. The molecular formula is C11H21NO. The summed E-state index contributed by atoms with van der Waals surface area (Å²) in [5.74, 6) is 0.829. The second kappa shape index (κ2) is 4.75. The number of carbonyl (C=O) groups is 1. The lowest BCUT2D eigenvalue weighted by Crippen LogP contribution is -2.34. The molecule has 0 heterocycles. The second-order valence-corrected chi connectivity index (χ2v) is 4.46. The van der Waals surface area contributed by atoms with Crippen LogP contribution in [0.2, 0.25) is 0 Å². The van der Waals surface area contributed by atoms with Crippen LogP contribution in [-0.4, -0.2) is 30.3 Å². The number of hydrogen-bond acceptors (Lipinski definition) is 2. The number of likely N-dealkylation sites (N-methyl/N-ethyl adjacent to an activating group) is 1. The molecule has 2 nitrogen and oxygen atoms in total. The van der Waals surface area contributed by atoms with Crippen molar-refractivity contribution in [3.8, 4) is 0 Å². The molecule has 0 spiro atoms. The Morgan fingerprint density at radius 1 is 1.38 bits per heavy atom. The van der Waals surface area contributed by atoms with Gasteiger partial charge in [0.1, 0.15) is 5.78 Å². The summed E-state index contributed by atoms with van der Waals surface area (Å²) in [7, 11) is 2.03. The van der Waals surface area contributed by atoms with E-state index in [4.69, 9.17) is 0 Å². The van der Waals surface area contributed by atoms with Crippen LogP contribution in [0.25, 0.3) is 0 Å². The first-order valence-electron chi connectivity index (χ1n) is 5.34. The minimum atomic E-state index is 0.376. The van der Waals surface area contributed by atoms with Gasteiger partial charge in [-0.15, -0.1) is 0 Å². The number of rotatable bonds is 4. The Bertz CT molecular complexity index is 171. The fourth-order valence-corrected chi connectivity index (χ4v) is 1.81. The smallest absolute Gasteiger partial charge is 0.149 e. The minimum absolute atomic E-state index is 0.376. The van der Waals surface area contributed by atoms with Gasteiger partial charge in [-0.2, -0.15) is 0 Å². The normalized spacial score (nSPS) is 18.8. The summed E-state index contributed by atoms with van der Waals surface area (Å²) in [5, 5.41) is 0. The molecule has 1 aliphatic carbocycles. The highest BCUT2D eigenvalue weighted by atomic mass is 16.1. The molecule has 0 aromatic rings. The van der Waals surface area contributed by atoms with Crippen molar-refractivity contribution in [3.63, 3.8) is 0 Å². The van der Waals surface area contributed by atoms with Gasteiger partial charge in [0.2, 0.25) is 0 Å². The highest BCUT2D eigenvalue weighted by molar-refractivity contribution is 5.83. The molecule has 76 valence electrons. The van der Waals surface area contributed by atoms with Crippen LogP contribution in [0.1, 0.15) is 39.5 Å². The van der Waals surface area contributed by atoms with Crippen molar-refractivity contribution in [3.05, 3.63) is 0 Å². The van der Waals surface area contributed by atoms with Crippen molar-refractivity contribution < 1.29 is 4.79 Å². The molecule has 0 aromatic carbocycles. The summed E-state index contributed by atoms with van der Waals surface area (Å²) >= 11 is 0. The van der Waals surface area contributed by atoms with Crippen LogP contribution in [0, 0.1) is 5.92 Å². The Morgan fingerprint density at radius 3 is 2.38 bits per heavy atom. The van der Waals surface area contributed by atoms with Crippen molar-refractivity contribution in [2.45, 2.75) is 45.6 Å². The Labute approximate surface area is 81.3 Å². The number of Topliss-reactive ketones (excluding diaryl/α,β-unsaturated/α-hetero) is 1. The maximum atomic E-state index is 11.7. The van der Waals surface area contributed by atoms with E-state index in [1.54, 1.807) is 0 Å². The van der Waals surface area contributed by atoms with Gasteiger partial charge in [-0.25, -0.2) is 0 Å². The molecule has 0 aromatic heterocycles. The lowest BCUT2D eigenvalue weighted by molar-refractivity contribution is -0.123. The van der Waals surface area contributed by atoms with Crippen LogP contribution in [0.4, 0.5) is 0 Å². The molecule has 0 radical (unpaired) electrons. The predicted octanol–water partition coefficient (Wildman–Crippen LogP) is 2.09. The topological polar surface area (TPSA) is 20.3 Å². The molecule has 1 saturated carbocycles. The molecule has 1 aliphatic rings. The van der Waals surface area contributed by atoms with Gasteiger partial charge in [-0.3, -0.25) is 9.69 Å². The molecule has 0 bridgehead atoms. The largest absolute Gasteiger partial charge is 0.298 e. The van der Waals surface area contributed by atoms with Crippen LogP contribution in [0.5, 0.6) is 0 Å². The maximum absolute atomic E-state index is 11.7. The molecular weight excluding hydrogens is 162 g/mol. The Kier molecular flexibility index (Phi) is 3.91. The lowest BCUT2D eigenvalue weighted by Gasteiger charge is -2.21. The van der Waals surface area contributed by atoms with Crippen molar-refractivity contribution >= 4 is 5.78 Å². The van der Waals surface area contributed by atoms with Crippen LogP contribution in [0.15, 0.2) is 0 Å².